The van der Waals surface area contributed by atoms with Crippen LogP contribution >= 0.6 is 0 Å². The molecule has 0 aliphatic heterocycles. The van der Waals surface area contributed by atoms with E-state index in [2.05, 4.69) is 0 Å². The highest BCUT2D eigenvalue weighted by molar-refractivity contribution is 5.57. The third-order valence-electron chi connectivity index (χ3n) is 2.97. The number of hydrogen-bond donors (Lipinski definition) is 1. The molecular formula is C16H19NO3. The van der Waals surface area contributed by atoms with Gasteiger partial charge in [0.2, 0.25) is 0 Å². The minimum atomic E-state index is 0.578. The fourth-order valence-electron chi connectivity index (χ4n) is 1.80. The molecule has 0 fully saturated rings. The Morgan fingerprint density at radius 1 is 0.950 bits per heavy atom. The van der Waals surface area contributed by atoms with Crippen LogP contribution in [0, 0.1) is 0 Å². The normalized spacial score (nSPS) is 10.3. The van der Waals surface area contributed by atoms with Crippen molar-refractivity contribution in [2.24, 2.45) is 0 Å². The van der Waals surface area contributed by atoms with Gasteiger partial charge >= 0.3 is 0 Å². The van der Waals surface area contributed by atoms with Crippen molar-refractivity contribution in [3.63, 3.8) is 0 Å². The molecule has 0 radical (unpaired) electrons. The van der Waals surface area contributed by atoms with Crippen LogP contribution in [0.4, 0.5) is 5.69 Å². The molecule has 0 spiro atoms. The number of benzene rings is 2. The molecule has 2 N–H and O–H groups in total. The Bertz CT molecular complexity index is 552. The number of ether oxygens (including phenoxy) is 3. The van der Waals surface area contributed by atoms with E-state index in [4.69, 9.17) is 19.9 Å². The molecule has 0 saturated carbocycles. The van der Waals surface area contributed by atoms with Gasteiger partial charge in [0.1, 0.15) is 11.5 Å². The number of anilines is 1. The maximum atomic E-state index is 5.89. The average Bonchev–Trinajstić information content (AvgIpc) is 2.49. The van der Waals surface area contributed by atoms with Gasteiger partial charge in [-0.25, -0.2) is 0 Å². The Labute approximate surface area is 119 Å². The van der Waals surface area contributed by atoms with Gasteiger partial charge in [0, 0.05) is 13.2 Å². The smallest absolute Gasteiger partial charge is 0.153 e. The van der Waals surface area contributed by atoms with Gasteiger partial charge in [-0.15, -0.1) is 0 Å². The molecule has 0 atom stereocenters. The predicted octanol–water partition coefficient (Wildman–Crippen LogP) is 3.26. The maximum absolute atomic E-state index is 5.89. The Morgan fingerprint density at radius 3 is 2.30 bits per heavy atom. The predicted molar refractivity (Wildman–Crippen MR) is 79.5 cm³/mol. The largest absolute Gasteiger partial charge is 0.497 e. The van der Waals surface area contributed by atoms with Crippen molar-refractivity contribution in [2.75, 3.05) is 26.6 Å². The lowest BCUT2D eigenvalue weighted by Crippen LogP contribution is -1.95. The molecule has 20 heavy (non-hydrogen) atoms. The number of nitrogen functional groups attached to an aromatic ring is 1. The minimum Gasteiger partial charge on any atom is -0.497 e. The van der Waals surface area contributed by atoms with Crippen molar-refractivity contribution in [1.82, 2.24) is 0 Å². The summed E-state index contributed by atoms with van der Waals surface area (Å²) < 4.78 is 16.0. The number of methoxy groups -OCH3 is 2. The fraction of sp³-hybridized carbons (Fsp3) is 0.250. The lowest BCUT2D eigenvalue weighted by atomic mass is 10.1. The molecule has 0 bridgehead atoms. The van der Waals surface area contributed by atoms with E-state index in [-0.39, 0.29) is 0 Å². The molecule has 0 saturated heterocycles. The summed E-state index contributed by atoms with van der Waals surface area (Å²) in [7, 11) is 3.31. The highest BCUT2D eigenvalue weighted by atomic mass is 16.5. The van der Waals surface area contributed by atoms with Crippen LogP contribution in [0.2, 0.25) is 0 Å². The van der Waals surface area contributed by atoms with Gasteiger partial charge in [-0.05, 0) is 36.2 Å². The quantitative estimate of drug-likeness (QED) is 0.821. The van der Waals surface area contributed by atoms with Gasteiger partial charge in [0.25, 0.3) is 0 Å². The minimum absolute atomic E-state index is 0.578. The van der Waals surface area contributed by atoms with Gasteiger partial charge in [-0.1, -0.05) is 12.1 Å². The molecule has 106 valence electrons. The van der Waals surface area contributed by atoms with E-state index in [1.54, 1.807) is 32.4 Å². The summed E-state index contributed by atoms with van der Waals surface area (Å²) in [6.07, 6.45) is 0.887. The number of rotatable bonds is 6. The van der Waals surface area contributed by atoms with Crippen molar-refractivity contribution < 1.29 is 14.2 Å². The molecule has 0 amide bonds. The van der Waals surface area contributed by atoms with E-state index >= 15 is 0 Å². The first-order valence-corrected chi connectivity index (χ1v) is 6.42. The van der Waals surface area contributed by atoms with E-state index in [9.17, 15) is 0 Å². The molecule has 0 aliphatic rings. The fourth-order valence-corrected chi connectivity index (χ4v) is 1.80. The number of nitrogens with two attached hydrogens (primary N) is 1. The van der Waals surface area contributed by atoms with Crippen LogP contribution in [-0.4, -0.2) is 20.8 Å². The number of hydrogen-bond acceptors (Lipinski definition) is 4. The van der Waals surface area contributed by atoms with Crippen LogP contribution in [0.3, 0.4) is 0 Å². The van der Waals surface area contributed by atoms with Crippen LogP contribution < -0.4 is 15.2 Å². The summed E-state index contributed by atoms with van der Waals surface area (Å²) in [5.74, 6) is 2.05. The van der Waals surface area contributed by atoms with E-state index in [0.717, 1.165) is 12.2 Å². The van der Waals surface area contributed by atoms with Crippen LogP contribution in [0.1, 0.15) is 5.56 Å². The summed E-state index contributed by atoms with van der Waals surface area (Å²) in [4.78, 5) is 0. The van der Waals surface area contributed by atoms with E-state index < -0.39 is 0 Å². The Hall–Kier alpha value is -2.20. The van der Waals surface area contributed by atoms with Gasteiger partial charge < -0.3 is 19.9 Å². The summed E-state index contributed by atoms with van der Waals surface area (Å²) >= 11 is 0. The van der Waals surface area contributed by atoms with Crippen molar-refractivity contribution in [2.45, 2.75) is 6.42 Å². The van der Waals surface area contributed by atoms with Crippen LogP contribution in [0.15, 0.2) is 42.5 Å². The van der Waals surface area contributed by atoms with Crippen molar-refractivity contribution in [3.05, 3.63) is 48.0 Å². The van der Waals surface area contributed by atoms with Crippen LogP contribution in [0.5, 0.6) is 17.2 Å². The van der Waals surface area contributed by atoms with Gasteiger partial charge in [-0.3, -0.25) is 0 Å². The van der Waals surface area contributed by atoms with Crippen molar-refractivity contribution in [3.8, 4) is 17.2 Å². The molecule has 4 heteroatoms. The summed E-state index contributed by atoms with van der Waals surface area (Å²) in [6.45, 7) is 0.711. The molecular weight excluding hydrogens is 254 g/mol. The zero-order valence-electron chi connectivity index (χ0n) is 11.8. The van der Waals surface area contributed by atoms with E-state index in [1.807, 2.05) is 24.3 Å². The van der Waals surface area contributed by atoms with Crippen molar-refractivity contribution >= 4 is 5.69 Å². The summed E-state index contributed by atoms with van der Waals surface area (Å²) in [5, 5.41) is 0. The highest BCUT2D eigenvalue weighted by Gasteiger charge is 2.04. The summed E-state index contributed by atoms with van der Waals surface area (Å²) in [6, 6.07) is 13.2. The zero-order chi connectivity index (χ0) is 14.4. The van der Waals surface area contributed by atoms with Crippen molar-refractivity contribution in [1.29, 1.82) is 0 Å². The summed E-state index contributed by atoms with van der Waals surface area (Å²) in [5.41, 5.74) is 7.67. The monoisotopic (exact) mass is 273 g/mol. The van der Waals surface area contributed by atoms with Crippen LogP contribution in [0.25, 0.3) is 0 Å². The molecule has 0 aromatic heterocycles. The second-order valence-corrected chi connectivity index (χ2v) is 4.39. The van der Waals surface area contributed by atoms with E-state index in [1.165, 1.54) is 5.56 Å². The first-order valence-electron chi connectivity index (χ1n) is 6.42. The second-order valence-electron chi connectivity index (χ2n) is 4.39. The first-order chi connectivity index (χ1) is 9.72. The standard InChI is InChI=1S/C16H19NO3/c1-18-10-9-12-3-5-13(6-4-12)20-16-11-14(19-2)7-8-15(16)17/h3-8,11H,9-10,17H2,1-2H3. The molecule has 4 nitrogen and oxygen atoms in total. The SMILES string of the molecule is COCCc1ccc(Oc2cc(OC)ccc2N)cc1. The second kappa shape index (κ2) is 6.82. The Balaban J connectivity index is 2.09. The molecule has 0 unspecified atom stereocenters. The first kappa shape index (κ1) is 14.2. The third kappa shape index (κ3) is 3.65. The third-order valence-corrected chi connectivity index (χ3v) is 2.97. The molecule has 0 heterocycles. The maximum Gasteiger partial charge on any atom is 0.153 e. The van der Waals surface area contributed by atoms with E-state index in [0.29, 0.717) is 23.8 Å². The van der Waals surface area contributed by atoms with Gasteiger partial charge in [0.15, 0.2) is 5.75 Å². The Morgan fingerprint density at radius 2 is 1.65 bits per heavy atom. The molecule has 2 aromatic rings. The Kier molecular flexibility index (Phi) is 4.85. The van der Waals surface area contributed by atoms with Crippen LogP contribution in [-0.2, 0) is 11.2 Å². The molecule has 2 aromatic carbocycles. The zero-order valence-corrected chi connectivity index (χ0v) is 11.8. The highest BCUT2D eigenvalue weighted by Crippen LogP contribution is 2.31. The van der Waals surface area contributed by atoms with Gasteiger partial charge in [-0.2, -0.15) is 0 Å². The molecule has 0 aliphatic carbocycles. The lowest BCUT2D eigenvalue weighted by molar-refractivity contribution is 0.202. The lowest BCUT2D eigenvalue weighted by Gasteiger charge is -2.10. The average molecular weight is 273 g/mol. The molecule has 2 rings (SSSR count). The van der Waals surface area contributed by atoms with Gasteiger partial charge in [0.05, 0.1) is 19.4 Å². The topological polar surface area (TPSA) is 53.7 Å².